The Morgan fingerprint density at radius 1 is 1.35 bits per heavy atom. The van der Waals surface area contributed by atoms with Crippen molar-refractivity contribution in [2.75, 3.05) is 44.1 Å². The van der Waals surface area contributed by atoms with Crippen LogP contribution in [0.4, 0.5) is 10.5 Å². The molecule has 0 spiro atoms. The van der Waals surface area contributed by atoms with E-state index in [0.29, 0.717) is 50.0 Å². The van der Waals surface area contributed by atoms with Gasteiger partial charge in [-0.25, -0.2) is 8.42 Å². The van der Waals surface area contributed by atoms with Crippen LogP contribution in [0.25, 0.3) is 0 Å². The number of fused-ring (bicyclic) bond motifs is 3. The molecule has 3 atom stereocenters. The maximum atomic E-state index is 12.5. The summed E-state index contributed by atoms with van der Waals surface area (Å²) in [5.74, 6) is 0.851. The van der Waals surface area contributed by atoms with E-state index < -0.39 is 31.5 Å². The predicted octanol–water partition coefficient (Wildman–Crippen LogP) is -1.59. The van der Waals surface area contributed by atoms with E-state index in [1.165, 1.54) is 6.26 Å². The second-order valence-corrected chi connectivity index (χ2v) is 14.4. The fraction of sp³-hybridized carbons (Fsp3) is 0.542. The van der Waals surface area contributed by atoms with Crippen LogP contribution in [0.2, 0.25) is 0 Å². The molecule has 1 N–H and O–H groups in total. The number of hydrogen-bond acceptors (Lipinski definition) is 10. The van der Waals surface area contributed by atoms with Crippen LogP contribution in [0, 0.1) is 17.2 Å². The molecule has 1 amide bonds. The maximum absolute atomic E-state index is 12.5. The van der Waals surface area contributed by atoms with Crippen molar-refractivity contribution < 1.29 is 47.4 Å². The number of nitrogens with zero attached hydrogens (tertiary/aromatic N) is 4. The third-order valence-electron chi connectivity index (χ3n) is 6.64. The SMILES string of the molecule is CC(C)OC(=O)N1CC2CO[I-]C(C1)C2OC1=NCNC(N2CCc3cc(S(C)(=O)=O)ccc32)=C1C#N. The van der Waals surface area contributed by atoms with Gasteiger partial charge in [0.25, 0.3) is 0 Å². The molecule has 4 aliphatic heterocycles. The molecule has 200 valence electrons. The first-order valence-electron chi connectivity index (χ1n) is 12.1. The monoisotopic (exact) mass is 642 g/mol. The Kier molecular flexibility index (Phi) is 7.25. The van der Waals surface area contributed by atoms with Crippen molar-refractivity contribution in [1.82, 2.24) is 10.2 Å². The van der Waals surface area contributed by atoms with Crippen LogP contribution < -0.4 is 31.8 Å². The van der Waals surface area contributed by atoms with Gasteiger partial charge in [-0.1, -0.05) is 0 Å². The number of halogens is 1. The number of benzene rings is 1. The van der Waals surface area contributed by atoms with Gasteiger partial charge in [0.05, 0.1) is 0 Å². The van der Waals surface area contributed by atoms with E-state index in [1.54, 1.807) is 23.1 Å². The molecule has 2 saturated heterocycles. The number of likely N-dealkylation sites (tertiary alicyclic amines) is 1. The van der Waals surface area contributed by atoms with Crippen molar-refractivity contribution in [3.63, 3.8) is 0 Å². The van der Waals surface area contributed by atoms with Crippen molar-refractivity contribution in [3.05, 3.63) is 35.2 Å². The fourth-order valence-corrected chi connectivity index (χ4v) is 8.41. The van der Waals surface area contributed by atoms with Gasteiger partial charge in [-0.15, -0.1) is 0 Å². The van der Waals surface area contributed by atoms with Gasteiger partial charge in [0.15, 0.2) is 0 Å². The molecule has 13 heteroatoms. The average Bonchev–Trinajstić information content (AvgIpc) is 3.26. The van der Waals surface area contributed by atoms with E-state index in [1.807, 2.05) is 18.7 Å². The van der Waals surface area contributed by atoms with Crippen molar-refractivity contribution in [3.8, 4) is 6.07 Å². The summed E-state index contributed by atoms with van der Waals surface area (Å²) in [5, 5.41) is 13.3. The Morgan fingerprint density at radius 2 is 2.16 bits per heavy atom. The number of nitrogens with one attached hydrogen (secondary N) is 1. The van der Waals surface area contributed by atoms with Gasteiger partial charge in [-0.05, 0) is 0 Å². The third kappa shape index (κ3) is 5.23. The van der Waals surface area contributed by atoms with Gasteiger partial charge in [0, 0.05) is 6.26 Å². The van der Waals surface area contributed by atoms with Crippen LogP contribution in [-0.2, 0) is 28.8 Å². The topological polar surface area (TPSA) is 134 Å². The predicted molar refractivity (Wildman–Crippen MR) is 130 cm³/mol. The molecule has 11 nitrogen and oxygen atoms in total. The molecule has 3 unspecified atom stereocenters. The van der Waals surface area contributed by atoms with Crippen LogP contribution >= 0.6 is 0 Å². The molecule has 1 aromatic carbocycles. The molecule has 0 aliphatic carbocycles. The van der Waals surface area contributed by atoms with Crippen LogP contribution in [-0.4, -0.2) is 80.6 Å². The number of ether oxygens (including phenoxy) is 2. The number of anilines is 1. The van der Waals surface area contributed by atoms with Gasteiger partial charge in [0.2, 0.25) is 0 Å². The molecule has 37 heavy (non-hydrogen) atoms. The van der Waals surface area contributed by atoms with E-state index in [-0.39, 0.29) is 39.7 Å². The number of carbonyl (C=O) groups is 1. The van der Waals surface area contributed by atoms with Crippen molar-refractivity contribution in [2.24, 2.45) is 10.9 Å². The number of amides is 1. The number of rotatable bonds is 4. The Morgan fingerprint density at radius 3 is 2.86 bits per heavy atom. The molecule has 4 heterocycles. The van der Waals surface area contributed by atoms with E-state index in [2.05, 4.69) is 16.4 Å². The summed E-state index contributed by atoms with van der Waals surface area (Å²) in [4.78, 5) is 21.0. The average molecular weight is 642 g/mol. The number of aliphatic imine (C=N–C) groups is 1. The summed E-state index contributed by atoms with van der Waals surface area (Å²) in [6.07, 6.45) is 1.15. The Labute approximate surface area is 227 Å². The standard InChI is InChI=1S/C24H29IN5O6S/c1-14(2)35-24(31)29-10-16-12-34-25-19(11-29)21(16)36-23-18(9-26)22(27-13-28-23)30-7-6-15-8-17(37(3,32)33)4-5-20(15)30/h4-5,8,14,16,19,21,27H,6-7,10-13H2,1-3H3/q-1. The molecular weight excluding hydrogens is 613 g/mol. The summed E-state index contributed by atoms with van der Waals surface area (Å²) in [5.41, 5.74) is 2.08. The van der Waals surface area contributed by atoms with E-state index in [4.69, 9.17) is 12.5 Å². The summed E-state index contributed by atoms with van der Waals surface area (Å²) >= 11 is -0.662. The molecule has 2 fully saturated rings. The van der Waals surface area contributed by atoms with E-state index >= 15 is 0 Å². The summed E-state index contributed by atoms with van der Waals surface area (Å²) in [7, 11) is -3.31. The van der Waals surface area contributed by atoms with Crippen LogP contribution in [0.5, 0.6) is 0 Å². The van der Waals surface area contributed by atoms with Crippen LogP contribution in [0.3, 0.4) is 0 Å². The number of sulfone groups is 1. The first kappa shape index (κ1) is 26.1. The second kappa shape index (κ2) is 10.3. The number of nitriles is 1. The van der Waals surface area contributed by atoms with E-state index in [0.717, 1.165) is 11.3 Å². The van der Waals surface area contributed by atoms with Crippen molar-refractivity contribution in [1.29, 1.82) is 5.26 Å². The minimum atomic E-state index is -3.31. The normalized spacial score (nSPS) is 25.5. The van der Waals surface area contributed by atoms with Gasteiger partial charge in [0.1, 0.15) is 0 Å². The zero-order valence-electron chi connectivity index (χ0n) is 20.8. The minimum absolute atomic E-state index is 0.0360. The van der Waals surface area contributed by atoms with Crippen LogP contribution in [0.1, 0.15) is 19.4 Å². The molecule has 0 saturated carbocycles. The number of carbonyl (C=O) groups excluding carboxylic acids is 1. The summed E-state index contributed by atoms with van der Waals surface area (Å²) in [6, 6.07) is 7.35. The first-order chi connectivity index (χ1) is 17.7. The Balaban J connectivity index is 1.37. The quantitative estimate of drug-likeness (QED) is 0.305. The molecule has 0 radical (unpaired) electrons. The first-order valence-corrected chi connectivity index (χ1v) is 16.1. The fourth-order valence-electron chi connectivity index (χ4n) is 4.94. The zero-order chi connectivity index (χ0) is 26.3. The molecule has 1 aromatic rings. The number of alkyl halides is 1. The van der Waals surface area contributed by atoms with Gasteiger partial charge >= 0.3 is 213 Å². The molecule has 4 aliphatic rings. The van der Waals surface area contributed by atoms with Gasteiger partial charge < -0.3 is 0 Å². The Hall–Kier alpha value is -2.57. The third-order valence-corrected chi connectivity index (χ3v) is 10.2. The van der Waals surface area contributed by atoms with Gasteiger partial charge in [-0.2, -0.15) is 0 Å². The van der Waals surface area contributed by atoms with Crippen LogP contribution in [0.15, 0.2) is 39.5 Å². The summed E-state index contributed by atoms with van der Waals surface area (Å²) < 4.78 is 41.7. The number of piperidine rings is 1. The summed E-state index contributed by atoms with van der Waals surface area (Å²) in [6.45, 7) is 5.96. The zero-order valence-corrected chi connectivity index (χ0v) is 23.8. The molecule has 0 aromatic heterocycles. The molecule has 5 rings (SSSR count). The molecular formula is C24H29IN5O6S-. The van der Waals surface area contributed by atoms with Gasteiger partial charge in [-0.3, -0.25) is 0 Å². The van der Waals surface area contributed by atoms with E-state index in [9.17, 15) is 18.5 Å². The van der Waals surface area contributed by atoms with Crippen molar-refractivity contribution in [2.45, 2.75) is 41.3 Å². The number of hydrogen-bond donors (Lipinski definition) is 1. The second-order valence-electron chi connectivity index (χ2n) is 9.66. The Bertz CT molecular complexity index is 1290. The molecule has 2 bridgehead atoms. The van der Waals surface area contributed by atoms with Crippen molar-refractivity contribution >= 4 is 27.5 Å².